The normalized spacial score (nSPS) is 9.56. The van der Waals surface area contributed by atoms with E-state index in [1.165, 1.54) is 24.6 Å². The van der Waals surface area contributed by atoms with Gasteiger partial charge in [-0.25, -0.2) is 0 Å². The van der Waals surface area contributed by atoms with Crippen molar-refractivity contribution in [3.63, 3.8) is 0 Å². The Hall–Kier alpha value is -0.160. The van der Waals surface area contributed by atoms with Crippen LogP contribution >= 0.6 is 11.8 Å². The molecule has 0 bridgehead atoms. The van der Waals surface area contributed by atoms with Crippen molar-refractivity contribution in [2.45, 2.75) is 26.7 Å². The number of nitriles is 1. The molecule has 0 unspecified atom stereocenters. The van der Waals surface area contributed by atoms with E-state index in [4.69, 9.17) is 5.26 Å². The molecule has 0 amide bonds. The molecule has 0 radical (unpaired) electrons. The maximum atomic E-state index is 8.14. The van der Waals surface area contributed by atoms with Crippen LogP contribution in [-0.4, -0.2) is 5.75 Å². The van der Waals surface area contributed by atoms with Crippen molar-refractivity contribution < 1.29 is 0 Å². The summed E-state index contributed by atoms with van der Waals surface area (Å²) in [6.07, 6.45) is 2.42. The Morgan fingerprint density at radius 3 is 2.67 bits per heavy atom. The van der Waals surface area contributed by atoms with Crippen molar-refractivity contribution in [1.82, 2.24) is 0 Å². The molecule has 2 heteroatoms. The molecule has 0 aliphatic heterocycles. The molecule has 0 aliphatic carbocycles. The van der Waals surface area contributed by atoms with Gasteiger partial charge in [0.25, 0.3) is 0 Å². The second-order valence-electron chi connectivity index (χ2n) is 2.48. The van der Waals surface area contributed by atoms with E-state index in [0.717, 1.165) is 11.7 Å². The Balaban J connectivity index is 2.85. The Morgan fingerprint density at radius 2 is 2.22 bits per heavy atom. The summed E-state index contributed by atoms with van der Waals surface area (Å²) in [6.45, 7) is 4.41. The lowest BCUT2D eigenvalue weighted by atomic mass is 10.1. The first-order chi connectivity index (χ1) is 4.27. The third-order valence-corrected chi connectivity index (χ3v) is 1.71. The summed E-state index contributed by atoms with van der Waals surface area (Å²) in [5.41, 5.74) is 0. The average Bonchev–Trinajstić information content (AvgIpc) is 1.80. The standard InChI is InChI=1S/C7H13NS/c1-7(2)4-3-5-9-6-8/h7H,3-5H2,1-2H3. The van der Waals surface area contributed by atoms with Crippen LogP contribution in [0.3, 0.4) is 0 Å². The van der Waals surface area contributed by atoms with Gasteiger partial charge in [0, 0.05) is 5.75 Å². The smallest absolute Gasteiger partial charge is 0.133 e. The first kappa shape index (κ1) is 8.84. The monoisotopic (exact) mass is 143 g/mol. The third-order valence-electron chi connectivity index (χ3n) is 1.09. The predicted octanol–water partition coefficient (Wildman–Crippen LogP) is 2.64. The van der Waals surface area contributed by atoms with E-state index in [1.807, 2.05) is 0 Å². The van der Waals surface area contributed by atoms with Gasteiger partial charge in [-0.05, 0) is 24.1 Å². The minimum absolute atomic E-state index is 0.782. The summed E-state index contributed by atoms with van der Waals surface area (Å²) in [5, 5.41) is 10.2. The van der Waals surface area contributed by atoms with Crippen LogP contribution in [0.25, 0.3) is 0 Å². The molecule has 0 aliphatic rings. The summed E-state index contributed by atoms with van der Waals surface area (Å²) >= 11 is 1.36. The van der Waals surface area contributed by atoms with E-state index in [1.54, 1.807) is 0 Å². The highest BCUT2D eigenvalue weighted by Gasteiger charge is 1.92. The predicted molar refractivity (Wildman–Crippen MR) is 42.1 cm³/mol. The van der Waals surface area contributed by atoms with Crippen molar-refractivity contribution in [3.05, 3.63) is 0 Å². The van der Waals surface area contributed by atoms with Crippen molar-refractivity contribution in [2.24, 2.45) is 5.92 Å². The van der Waals surface area contributed by atoms with Crippen LogP contribution in [0.5, 0.6) is 0 Å². The highest BCUT2D eigenvalue weighted by atomic mass is 32.2. The maximum absolute atomic E-state index is 8.14. The van der Waals surface area contributed by atoms with Gasteiger partial charge < -0.3 is 0 Å². The van der Waals surface area contributed by atoms with E-state index < -0.39 is 0 Å². The van der Waals surface area contributed by atoms with E-state index in [9.17, 15) is 0 Å². The number of hydrogen-bond acceptors (Lipinski definition) is 2. The van der Waals surface area contributed by atoms with E-state index in [0.29, 0.717) is 0 Å². The fraction of sp³-hybridized carbons (Fsp3) is 0.857. The maximum Gasteiger partial charge on any atom is 0.133 e. The van der Waals surface area contributed by atoms with E-state index in [-0.39, 0.29) is 0 Å². The van der Waals surface area contributed by atoms with Gasteiger partial charge in [-0.15, -0.1) is 0 Å². The lowest BCUT2D eigenvalue weighted by Crippen LogP contribution is -1.87. The lowest BCUT2D eigenvalue weighted by molar-refractivity contribution is 0.579. The summed E-state index contributed by atoms with van der Waals surface area (Å²) in [6, 6.07) is 0. The molecule has 0 aromatic carbocycles. The molecule has 0 spiro atoms. The minimum Gasteiger partial charge on any atom is -0.185 e. The zero-order valence-corrected chi connectivity index (χ0v) is 6.87. The molecule has 1 nitrogen and oxygen atoms in total. The lowest BCUT2D eigenvalue weighted by Gasteiger charge is -1.99. The quantitative estimate of drug-likeness (QED) is 0.446. The van der Waals surface area contributed by atoms with Crippen LogP contribution in [0, 0.1) is 16.6 Å². The van der Waals surface area contributed by atoms with Crippen molar-refractivity contribution >= 4 is 11.8 Å². The molecule has 0 aromatic heterocycles. The zero-order chi connectivity index (χ0) is 7.11. The molecule has 0 atom stereocenters. The Bertz CT molecular complexity index is 93.6. The molecule has 0 fully saturated rings. The number of thiocyanates is 1. The highest BCUT2D eigenvalue weighted by molar-refractivity contribution is 8.03. The fourth-order valence-corrected chi connectivity index (χ4v) is 1.01. The summed E-state index contributed by atoms with van der Waals surface area (Å²) in [5.74, 6) is 1.78. The molecule has 0 saturated carbocycles. The SMILES string of the molecule is CC(C)CCCSC#N. The first-order valence-electron chi connectivity index (χ1n) is 3.28. The van der Waals surface area contributed by atoms with Gasteiger partial charge in [-0.1, -0.05) is 20.3 Å². The van der Waals surface area contributed by atoms with E-state index in [2.05, 4.69) is 19.2 Å². The van der Waals surface area contributed by atoms with Gasteiger partial charge in [0.15, 0.2) is 0 Å². The van der Waals surface area contributed by atoms with Crippen LogP contribution in [0.2, 0.25) is 0 Å². The zero-order valence-electron chi connectivity index (χ0n) is 6.05. The van der Waals surface area contributed by atoms with Gasteiger partial charge in [-0.2, -0.15) is 5.26 Å². The van der Waals surface area contributed by atoms with Gasteiger partial charge in [-0.3, -0.25) is 0 Å². The molecule has 9 heavy (non-hydrogen) atoms. The second kappa shape index (κ2) is 5.97. The molecule has 0 saturated heterocycles. The molecule has 0 rings (SSSR count). The number of rotatable bonds is 4. The van der Waals surface area contributed by atoms with Gasteiger partial charge in [0.1, 0.15) is 5.40 Å². The third kappa shape index (κ3) is 7.84. The molecule has 0 aromatic rings. The topological polar surface area (TPSA) is 23.8 Å². The van der Waals surface area contributed by atoms with Crippen molar-refractivity contribution in [3.8, 4) is 5.40 Å². The second-order valence-corrected chi connectivity index (χ2v) is 3.36. The molecule has 0 N–H and O–H groups in total. The van der Waals surface area contributed by atoms with Crippen molar-refractivity contribution in [1.29, 1.82) is 5.26 Å². The summed E-state index contributed by atoms with van der Waals surface area (Å²) in [4.78, 5) is 0. The molecule has 0 heterocycles. The molecular formula is C7H13NS. The van der Waals surface area contributed by atoms with Gasteiger partial charge in [0.05, 0.1) is 0 Å². The van der Waals surface area contributed by atoms with Crippen LogP contribution in [0.4, 0.5) is 0 Å². The summed E-state index contributed by atoms with van der Waals surface area (Å²) < 4.78 is 0. The largest absolute Gasteiger partial charge is 0.185 e. The van der Waals surface area contributed by atoms with Gasteiger partial charge in [0.2, 0.25) is 0 Å². The fourth-order valence-electron chi connectivity index (χ4n) is 0.609. The highest BCUT2D eigenvalue weighted by Crippen LogP contribution is 2.07. The van der Waals surface area contributed by atoms with Crippen LogP contribution in [0.15, 0.2) is 0 Å². The molecule has 52 valence electrons. The van der Waals surface area contributed by atoms with Crippen LogP contribution in [0.1, 0.15) is 26.7 Å². The van der Waals surface area contributed by atoms with Crippen LogP contribution in [-0.2, 0) is 0 Å². The summed E-state index contributed by atoms with van der Waals surface area (Å²) in [7, 11) is 0. The Kier molecular flexibility index (Phi) is 5.86. The number of thioether (sulfide) groups is 1. The van der Waals surface area contributed by atoms with E-state index >= 15 is 0 Å². The van der Waals surface area contributed by atoms with Crippen LogP contribution < -0.4 is 0 Å². The number of hydrogen-bond donors (Lipinski definition) is 0. The Labute approximate surface area is 61.4 Å². The first-order valence-corrected chi connectivity index (χ1v) is 4.26. The average molecular weight is 143 g/mol. The minimum atomic E-state index is 0.782. The molecular weight excluding hydrogens is 130 g/mol. The van der Waals surface area contributed by atoms with Crippen molar-refractivity contribution in [2.75, 3.05) is 5.75 Å². The van der Waals surface area contributed by atoms with Gasteiger partial charge >= 0.3 is 0 Å². The Morgan fingerprint density at radius 1 is 1.56 bits per heavy atom. The number of nitrogens with zero attached hydrogens (tertiary/aromatic N) is 1.